The van der Waals surface area contributed by atoms with Crippen LogP contribution in [0.4, 0.5) is 13.2 Å². The largest absolute Gasteiger partial charge is 0.490 e. The average Bonchev–Trinajstić information content (AvgIpc) is 1.64. The van der Waals surface area contributed by atoms with Crippen LogP contribution in [0.1, 0.15) is 0 Å². The van der Waals surface area contributed by atoms with Crippen LogP contribution in [0.15, 0.2) is 0 Å². The molecule has 0 amide bonds. The number of carbonyl (C=O) groups is 1. The van der Waals surface area contributed by atoms with Crippen LogP contribution in [0.25, 0.3) is 0 Å². The number of alkyl halides is 5. The van der Waals surface area contributed by atoms with Crippen molar-refractivity contribution >= 4 is 29.2 Å². The average molecular weight is 199 g/mol. The van der Waals surface area contributed by atoms with Gasteiger partial charge in [-0.25, -0.2) is 4.79 Å². The number of carboxylic acids is 1. The van der Waals surface area contributed by atoms with Gasteiger partial charge < -0.3 is 5.11 Å². The minimum absolute atomic E-state index is 0.194. The van der Waals surface area contributed by atoms with Crippen LogP contribution >= 0.6 is 23.2 Å². The molecule has 0 unspecified atom stereocenters. The lowest BCUT2D eigenvalue weighted by atomic mass is 10.7. The summed E-state index contributed by atoms with van der Waals surface area (Å²) in [5.74, 6) is -2.76. The van der Waals surface area contributed by atoms with E-state index < -0.39 is 12.1 Å². The summed E-state index contributed by atoms with van der Waals surface area (Å²) in [4.78, 5) is 8.90. The maximum atomic E-state index is 10.6. The van der Waals surface area contributed by atoms with Gasteiger partial charge in [0.1, 0.15) is 0 Å². The van der Waals surface area contributed by atoms with Crippen molar-refractivity contribution in [2.75, 3.05) is 5.34 Å². The van der Waals surface area contributed by atoms with Gasteiger partial charge in [0.15, 0.2) is 0 Å². The quantitative estimate of drug-likeness (QED) is 0.606. The van der Waals surface area contributed by atoms with Crippen LogP contribution in [-0.4, -0.2) is 22.6 Å². The van der Waals surface area contributed by atoms with Gasteiger partial charge in [0, 0.05) is 0 Å². The first-order chi connectivity index (χ1) is 4.36. The predicted octanol–water partition coefficient (Wildman–Crippen LogP) is 2.05. The molecule has 1 N–H and O–H groups in total. The summed E-state index contributed by atoms with van der Waals surface area (Å²) in [7, 11) is 0. The molecule has 10 heavy (non-hydrogen) atoms. The molecule has 7 heteroatoms. The Kier molecular flexibility index (Phi) is 7.02. The first-order valence-electron chi connectivity index (χ1n) is 1.78. The van der Waals surface area contributed by atoms with E-state index in [0.29, 0.717) is 0 Å². The first kappa shape index (κ1) is 12.5. The van der Waals surface area contributed by atoms with Gasteiger partial charge in [-0.15, -0.1) is 23.2 Å². The Bertz CT molecular complexity index is 102. The van der Waals surface area contributed by atoms with Crippen molar-refractivity contribution in [3.63, 3.8) is 0 Å². The molecule has 62 valence electrons. The molecule has 0 aliphatic rings. The number of aliphatic carboxylic acids is 1. The Balaban J connectivity index is 0. The summed E-state index contributed by atoms with van der Waals surface area (Å²) in [6.07, 6.45) is -5.08. The highest BCUT2D eigenvalue weighted by Gasteiger charge is 2.38. The second-order valence-electron chi connectivity index (χ2n) is 0.904. The van der Waals surface area contributed by atoms with Crippen LogP contribution in [0.2, 0.25) is 0 Å². The normalized spacial score (nSPS) is 9.70. The summed E-state index contributed by atoms with van der Waals surface area (Å²) in [6, 6.07) is 0. The van der Waals surface area contributed by atoms with Crippen LogP contribution < -0.4 is 0 Å². The first-order valence-corrected chi connectivity index (χ1v) is 2.85. The van der Waals surface area contributed by atoms with Gasteiger partial charge in [-0.05, 0) is 0 Å². The Morgan fingerprint density at radius 2 is 1.50 bits per heavy atom. The van der Waals surface area contributed by atoms with E-state index >= 15 is 0 Å². The van der Waals surface area contributed by atoms with Crippen molar-refractivity contribution in [1.82, 2.24) is 0 Å². The van der Waals surface area contributed by atoms with Crippen molar-refractivity contribution in [2.24, 2.45) is 0 Å². The number of hydrogen-bond acceptors (Lipinski definition) is 1. The summed E-state index contributed by atoms with van der Waals surface area (Å²) in [5.41, 5.74) is 0. The zero-order chi connectivity index (χ0) is 8.78. The van der Waals surface area contributed by atoms with E-state index in [-0.39, 0.29) is 5.34 Å². The molecule has 0 radical (unpaired) electrons. The number of carboxylic acid groups (broad SMARTS) is 1. The molecule has 0 aromatic carbocycles. The lowest BCUT2D eigenvalue weighted by molar-refractivity contribution is -0.192. The van der Waals surface area contributed by atoms with E-state index in [9.17, 15) is 13.2 Å². The maximum absolute atomic E-state index is 10.6. The molecule has 0 aliphatic carbocycles. The van der Waals surface area contributed by atoms with Crippen LogP contribution in [0.5, 0.6) is 0 Å². The van der Waals surface area contributed by atoms with Gasteiger partial charge in [0.2, 0.25) is 0 Å². The van der Waals surface area contributed by atoms with Gasteiger partial charge >= 0.3 is 12.1 Å². The molecule has 0 heterocycles. The third-order valence-electron chi connectivity index (χ3n) is 0.243. The molecule has 0 saturated carbocycles. The summed E-state index contributed by atoms with van der Waals surface area (Å²) in [6.45, 7) is 0. The minimum atomic E-state index is -5.08. The van der Waals surface area contributed by atoms with Crippen molar-refractivity contribution in [3.05, 3.63) is 0 Å². The highest BCUT2D eigenvalue weighted by molar-refractivity contribution is 6.40. The van der Waals surface area contributed by atoms with E-state index in [0.717, 1.165) is 0 Å². The van der Waals surface area contributed by atoms with Crippen molar-refractivity contribution in [3.8, 4) is 0 Å². The monoisotopic (exact) mass is 198 g/mol. The van der Waals surface area contributed by atoms with Crippen molar-refractivity contribution in [2.45, 2.75) is 6.18 Å². The van der Waals surface area contributed by atoms with Gasteiger partial charge in [0.25, 0.3) is 0 Å². The number of hydrogen-bond donors (Lipinski definition) is 1. The molecule has 0 aromatic rings. The minimum Gasteiger partial charge on any atom is -0.475 e. The molecule has 0 fully saturated rings. The number of rotatable bonds is 0. The highest BCUT2D eigenvalue weighted by Crippen LogP contribution is 2.13. The van der Waals surface area contributed by atoms with Gasteiger partial charge in [-0.1, -0.05) is 0 Å². The molecular weight excluding hydrogens is 196 g/mol. The molecule has 0 aromatic heterocycles. The van der Waals surface area contributed by atoms with E-state index in [1.165, 1.54) is 0 Å². The predicted molar refractivity (Wildman–Crippen MR) is 30.3 cm³/mol. The zero-order valence-electron chi connectivity index (χ0n) is 4.45. The van der Waals surface area contributed by atoms with Crippen LogP contribution in [-0.2, 0) is 4.79 Å². The highest BCUT2D eigenvalue weighted by atomic mass is 35.5. The fourth-order valence-corrected chi connectivity index (χ4v) is 0. The fraction of sp³-hybridized carbons (Fsp3) is 0.667. The lowest BCUT2D eigenvalue weighted by Crippen LogP contribution is -2.21. The smallest absolute Gasteiger partial charge is 0.475 e. The van der Waals surface area contributed by atoms with E-state index in [2.05, 4.69) is 0 Å². The van der Waals surface area contributed by atoms with E-state index in [1.54, 1.807) is 0 Å². The SMILES string of the molecule is ClCCl.O=C(O)C(F)(F)F. The molecule has 0 bridgehead atoms. The Labute approximate surface area is 64.5 Å². The van der Waals surface area contributed by atoms with Gasteiger partial charge in [0.05, 0.1) is 5.34 Å². The third-order valence-corrected chi connectivity index (χ3v) is 0.243. The zero-order valence-corrected chi connectivity index (χ0v) is 5.96. The molecule has 2 nitrogen and oxygen atoms in total. The topological polar surface area (TPSA) is 37.3 Å². The number of halogens is 5. The maximum Gasteiger partial charge on any atom is 0.490 e. The third kappa shape index (κ3) is 10.8. The second kappa shape index (κ2) is 5.61. The lowest BCUT2D eigenvalue weighted by Gasteiger charge is -1.93. The standard InChI is InChI=1S/C2HF3O2.CH2Cl2/c3-2(4,5)1(6)7;2-1-3/h(H,6,7);1H2. The van der Waals surface area contributed by atoms with Crippen molar-refractivity contribution in [1.29, 1.82) is 0 Å². The van der Waals surface area contributed by atoms with Crippen LogP contribution in [0, 0.1) is 0 Å². The van der Waals surface area contributed by atoms with Crippen molar-refractivity contribution < 1.29 is 23.1 Å². The fourth-order valence-electron chi connectivity index (χ4n) is 0. The van der Waals surface area contributed by atoms with E-state index in [1.807, 2.05) is 0 Å². The molecule has 0 aliphatic heterocycles. The Hall–Kier alpha value is -0.160. The molecule has 0 saturated heterocycles. The molecule has 0 spiro atoms. The Morgan fingerprint density at radius 3 is 1.50 bits per heavy atom. The second-order valence-corrected chi connectivity index (χ2v) is 1.71. The van der Waals surface area contributed by atoms with Gasteiger partial charge in [-0.3, -0.25) is 0 Å². The van der Waals surface area contributed by atoms with Gasteiger partial charge in [-0.2, -0.15) is 13.2 Å². The van der Waals surface area contributed by atoms with Crippen LogP contribution in [0.3, 0.4) is 0 Å². The molecular formula is C3H3Cl2F3O2. The molecule has 0 atom stereocenters. The summed E-state index contributed by atoms with van der Waals surface area (Å²) < 4.78 is 31.7. The Morgan fingerprint density at radius 1 is 1.40 bits per heavy atom. The summed E-state index contributed by atoms with van der Waals surface area (Å²) >= 11 is 9.53. The molecule has 0 rings (SSSR count). The van der Waals surface area contributed by atoms with E-state index in [4.69, 9.17) is 33.1 Å². The summed E-state index contributed by atoms with van der Waals surface area (Å²) in [5, 5.41) is 7.32.